The third-order valence-corrected chi connectivity index (χ3v) is 6.36. The van der Waals surface area contributed by atoms with Crippen LogP contribution in [-0.4, -0.2) is 62.1 Å². The molecule has 2 heterocycles. The SMILES string of the molecule is CN=C(NCCCc1c(C)noc1C)NC1CCN(S(=O)(=O)C(F)(F)F)CC1. The molecule has 1 fully saturated rings. The number of aromatic nitrogens is 1. The minimum absolute atomic E-state index is 0.145. The number of nitrogens with one attached hydrogen (secondary N) is 2. The molecule has 0 radical (unpaired) electrons. The molecule has 12 heteroatoms. The van der Waals surface area contributed by atoms with Gasteiger partial charge in [0.15, 0.2) is 5.96 Å². The van der Waals surface area contributed by atoms with Crippen molar-refractivity contribution >= 4 is 16.0 Å². The van der Waals surface area contributed by atoms with Crippen LogP contribution in [0.15, 0.2) is 9.52 Å². The summed E-state index contributed by atoms with van der Waals surface area (Å²) in [5.74, 6) is 1.34. The lowest BCUT2D eigenvalue weighted by Crippen LogP contribution is -2.51. The first-order valence-corrected chi connectivity index (χ1v) is 10.5. The van der Waals surface area contributed by atoms with Gasteiger partial charge in [0, 0.05) is 38.3 Å². The minimum Gasteiger partial charge on any atom is -0.361 e. The molecule has 28 heavy (non-hydrogen) atoms. The summed E-state index contributed by atoms with van der Waals surface area (Å²) in [6.07, 6.45) is 2.18. The average Bonchev–Trinajstić information content (AvgIpc) is 2.95. The van der Waals surface area contributed by atoms with Crippen molar-refractivity contribution in [1.29, 1.82) is 0 Å². The largest absolute Gasteiger partial charge is 0.511 e. The van der Waals surface area contributed by atoms with Crippen LogP contribution in [-0.2, 0) is 16.4 Å². The van der Waals surface area contributed by atoms with Crippen molar-refractivity contribution in [2.75, 3.05) is 26.7 Å². The van der Waals surface area contributed by atoms with E-state index in [9.17, 15) is 21.6 Å². The number of nitrogens with zero attached hydrogens (tertiary/aromatic N) is 3. The van der Waals surface area contributed by atoms with Gasteiger partial charge in [0.25, 0.3) is 0 Å². The number of rotatable bonds is 6. The van der Waals surface area contributed by atoms with Gasteiger partial charge in [-0.15, -0.1) is 0 Å². The van der Waals surface area contributed by atoms with Crippen molar-refractivity contribution in [2.24, 2.45) is 4.99 Å². The van der Waals surface area contributed by atoms with Gasteiger partial charge in [0.05, 0.1) is 5.69 Å². The first-order chi connectivity index (χ1) is 13.1. The van der Waals surface area contributed by atoms with E-state index < -0.39 is 15.5 Å². The Morgan fingerprint density at radius 1 is 1.32 bits per heavy atom. The van der Waals surface area contributed by atoms with E-state index in [2.05, 4.69) is 20.8 Å². The third-order valence-electron chi connectivity index (χ3n) is 4.73. The molecule has 2 rings (SSSR count). The topological polar surface area (TPSA) is 99.8 Å². The molecule has 1 aliphatic heterocycles. The Balaban J connectivity index is 1.75. The Morgan fingerprint density at radius 2 is 1.96 bits per heavy atom. The zero-order valence-corrected chi connectivity index (χ0v) is 17.0. The zero-order chi connectivity index (χ0) is 20.9. The zero-order valence-electron chi connectivity index (χ0n) is 16.1. The molecule has 1 aliphatic rings. The van der Waals surface area contributed by atoms with Gasteiger partial charge < -0.3 is 15.2 Å². The molecule has 0 aromatic carbocycles. The predicted molar refractivity (Wildman–Crippen MR) is 98.4 cm³/mol. The van der Waals surface area contributed by atoms with E-state index >= 15 is 0 Å². The van der Waals surface area contributed by atoms with Crippen LogP contribution < -0.4 is 10.6 Å². The van der Waals surface area contributed by atoms with Crippen molar-refractivity contribution < 1.29 is 26.1 Å². The molecule has 1 aromatic heterocycles. The van der Waals surface area contributed by atoms with E-state index in [1.807, 2.05) is 13.8 Å². The summed E-state index contributed by atoms with van der Waals surface area (Å²) in [4.78, 5) is 4.11. The Kier molecular flexibility index (Phi) is 7.32. The Hall–Kier alpha value is -1.82. The highest BCUT2D eigenvalue weighted by Crippen LogP contribution is 2.28. The number of alkyl halides is 3. The summed E-state index contributed by atoms with van der Waals surface area (Å²) in [5.41, 5.74) is -3.30. The van der Waals surface area contributed by atoms with Crippen molar-refractivity contribution in [3.05, 3.63) is 17.0 Å². The molecule has 2 N–H and O–H groups in total. The van der Waals surface area contributed by atoms with E-state index in [0.29, 0.717) is 16.8 Å². The van der Waals surface area contributed by atoms with Crippen LogP contribution >= 0.6 is 0 Å². The number of aryl methyl sites for hydroxylation is 2. The monoisotopic (exact) mass is 425 g/mol. The highest BCUT2D eigenvalue weighted by molar-refractivity contribution is 7.90. The van der Waals surface area contributed by atoms with Gasteiger partial charge >= 0.3 is 15.5 Å². The normalized spacial score (nSPS) is 17.7. The average molecular weight is 425 g/mol. The van der Waals surface area contributed by atoms with Gasteiger partial charge in [0.1, 0.15) is 5.76 Å². The highest BCUT2D eigenvalue weighted by Gasteiger charge is 2.50. The Labute approximate surface area is 162 Å². The van der Waals surface area contributed by atoms with E-state index in [1.54, 1.807) is 7.05 Å². The summed E-state index contributed by atoms with van der Waals surface area (Å²) in [6, 6.07) is -0.145. The molecule has 0 spiro atoms. The highest BCUT2D eigenvalue weighted by atomic mass is 32.2. The number of hydrogen-bond donors (Lipinski definition) is 2. The number of hydrogen-bond acceptors (Lipinski definition) is 5. The number of aliphatic imine (C=N–C) groups is 1. The smallest absolute Gasteiger partial charge is 0.361 e. The van der Waals surface area contributed by atoms with Gasteiger partial charge in [-0.2, -0.15) is 17.5 Å². The lowest BCUT2D eigenvalue weighted by molar-refractivity contribution is -0.0494. The van der Waals surface area contributed by atoms with Crippen molar-refractivity contribution in [2.45, 2.75) is 51.1 Å². The van der Waals surface area contributed by atoms with Crippen LogP contribution in [0.3, 0.4) is 0 Å². The van der Waals surface area contributed by atoms with Crippen molar-refractivity contribution in [1.82, 2.24) is 20.1 Å². The molecule has 8 nitrogen and oxygen atoms in total. The van der Waals surface area contributed by atoms with E-state index in [1.165, 1.54) is 0 Å². The molecular weight excluding hydrogens is 399 g/mol. The lowest BCUT2D eigenvalue weighted by Gasteiger charge is -2.32. The first-order valence-electron chi connectivity index (χ1n) is 9.01. The van der Waals surface area contributed by atoms with Crippen LogP contribution in [0.1, 0.15) is 36.3 Å². The maximum Gasteiger partial charge on any atom is 0.511 e. The molecule has 0 unspecified atom stereocenters. The second-order valence-corrected chi connectivity index (χ2v) is 8.60. The maximum atomic E-state index is 12.6. The summed E-state index contributed by atoms with van der Waals surface area (Å²) >= 11 is 0. The van der Waals surface area contributed by atoms with E-state index in [0.717, 1.165) is 29.9 Å². The Bertz CT molecular complexity index is 764. The van der Waals surface area contributed by atoms with Crippen LogP contribution in [0.5, 0.6) is 0 Å². The fourth-order valence-corrected chi connectivity index (χ4v) is 4.09. The van der Waals surface area contributed by atoms with E-state index in [4.69, 9.17) is 4.52 Å². The molecule has 0 atom stereocenters. The van der Waals surface area contributed by atoms with Gasteiger partial charge in [-0.3, -0.25) is 4.99 Å². The third kappa shape index (κ3) is 5.37. The van der Waals surface area contributed by atoms with Gasteiger partial charge in [-0.1, -0.05) is 5.16 Å². The standard InChI is InChI=1S/C16H26F3N5O3S/c1-11-14(12(2)27-23-11)5-4-8-21-15(20-3)22-13-6-9-24(10-7-13)28(25,26)16(17,18)19/h13H,4-10H2,1-3H3,(H2,20,21,22). The summed E-state index contributed by atoms with van der Waals surface area (Å²) in [7, 11) is -3.65. The number of piperidine rings is 1. The van der Waals surface area contributed by atoms with Gasteiger partial charge in [-0.05, 0) is 39.5 Å². The molecule has 0 amide bonds. The Morgan fingerprint density at radius 3 is 2.46 bits per heavy atom. The molecule has 0 aliphatic carbocycles. The molecule has 0 bridgehead atoms. The second-order valence-electron chi connectivity index (χ2n) is 6.67. The molecule has 1 saturated heterocycles. The quantitative estimate of drug-likeness (QED) is 0.409. The molecule has 160 valence electrons. The predicted octanol–water partition coefficient (Wildman–Crippen LogP) is 1.70. The van der Waals surface area contributed by atoms with Crippen LogP contribution in [0, 0.1) is 13.8 Å². The number of halogens is 3. The van der Waals surface area contributed by atoms with Gasteiger partial charge in [-0.25, -0.2) is 8.42 Å². The summed E-state index contributed by atoms with van der Waals surface area (Å²) in [6.45, 7) is 4.05. The molecule has 1 aromatic rings. The summed E-state index contributed by atoms with van der Waals surface area (Å²) in [5, 5.41) is 10.2. The maximum absolute atomic E-state index is 12.6. The first kappa shape index (κ1) is 22.5. The summed E-state index contributed by atoms with van der Waals surface area (Å²) < 4.78 is 66.4. The second kappa shape index (κ2) is 9.12. The van der Waals surface area contributed by atoms with Crippen LogP contribution in [0.2, 0.25) is 0 Å². The van der Waals surface area contributed by atoms with Crippen molar-refractivity contribution in [3.8, 4) is 0 Å². The number of guanidine groups is 1. The van der Waals surface area contributed by atoms with E-state index in [-0.39, 0.29) is 32.0 Å². The number of sulfonamides is 1. The van der Waals surface area contributed by atoms with Crippen LogP contribution in [0.4, 0.5) is 13.2 Å². The minimum atomic E-state index is -5.26. The molecule has 0 saturated carbocycles. The van der Waals surface area contributed by atoms with Gasteiger partial charge in [0.2, 0.25) is 0 Å². The van der Waals surface area contributed by atoms with Crippen molar-refractivity contribution in [3.63, 3.8) is 0 Å². The fraction of sp³-hybridized carbons (Fsp3) is 0.750. The fourth-order valence-electron chi connectivity index (χ4n) is 3.11. The molecular formula is C16H26F3N5O3S. The lowest BCUT2D eigenvalue weighted by atomic mass is 10.1. The van der Waals surface area contributed by atoms with Crippen LogP contribution in [0.25, 0.3) is 0 Å².